The largest absolute Gasteiger partial charge is 0.492 e. The fourth-order valence-electron chi connectivity index (χ4n) is 3.25. The quantitative estimate of drug-likeness (QED) is 0.580. The number of carboxylic acid groups (broad SMARTS) is 1. The Morgan fingerprint density at radius 3 is 2.86 bits per heavy atom. The molecule has 1 amide bonds. The van der Waals surface area contributed by atoms with E-state index in [0.717, 1.165) is 32.4 Å². The molecule has 2 N–H and O–H groups in total. The lowest BCUT2D eigenvalue weighted by atomic mass is 10.1. The molecule has 158 valence electrons. The summed E-state index contributed by atoms with van der Waals surface area (Å²) in [5, 5.41) is 12.4. The number of benzene rings is 1. The number of nitrogens with one attached hydrogen (secondary N) is 1. The van der Waals surface area contributed by atoms with E-state index < -0.39 is 5.97 Å². The van der Waals surface area contributed by atoms with Crippen LogP contribution < -0.4 is 10.1 Å². The lowest BCUT2D eigenvalue weighted by Crippen LogP contribution is -2.40. The van der Waals surface area contributed by atoms with Crippen molar-refractivity contribution in [3.8, 4) is 5.75 Å². The number of halogens is 2. The van der Waals surface area contributed by atoms with E-state index in [0.29, 0.717) is 30.5 Å². The summed E-state index contributed by atoms with van der Waals surface area (Å²) in [5.41, 5.74) is 0. The summed E-state index contributed by atoms with van der Waals surface area (Å²) < 4.78 is 5.55. The second kappa shape index (κ2) is 12.8. The summed E-state index contributed by atoms with van der Waals surface area (Å²) in [6.07, 6.45) is 2.78. The highest BCUT2D eigenvalue weighted by molar-refractivity contribution is 6.30. The standard InChI is InChI=1S/C19H28ClN3O4.ClH/c1-22(14-19(25)26)16-5-3-9-23(10-7-16)13-18(24)21-8-11-27-17-6-2-4-15(20)12-17;/h2,4,6,12,16H,3,5,7-11,13-14H2,1H3,(H,21,24)(H,25,26);1H. The lowest BCUT2D eigenvalue weighted by molar-refractivity contribution is -0.138. The third-order valence-corrected chi connectivity index (χ3v) is 4.89. The first-order valence-corrected chi connectivity index (χ1v) is 9.61. The molecule has 2 rings (SSSR count). The zero-order valence-corrected chi connectivity index (χ0v) is 17.7. The topological polar surface area (TPSA) is 82.1 Å². The van der Waals surface area contributed by atoms with Crippen LogP contribution in [0, 0.1) is 0 Å². The molecule has 0 spiro atoms. The minimum Gasteiger partial charge on any atom is -0.492 e. The van der Waals surface area contributed by atoms with Gasteiger partial charge in [-0.2, -0.15) is 0 Å². The number of carbonyl (C=O) groups is 2. The second-order valence-corrected chi connectivity index (χ2v) is 7.26. The molecule has 1 aromatic rings. The molecule has 1 fully saturated rings. The molecule has 0 aliphatic carbocycles. The summed E-state index contributed by atoms with van der Waals surface area (Å²) in [7, 11) is 1.85. The van der Waals surface area contributed by atoms with Crippen molar-refractivity contribution in [2.45, 2.75) is 25.3 Å². The molecule has 0 bridgehead atoms. The average molecular weight is 434 g/mol. The number of likely N-dealkylation sites (N-methyl/N-ethyl adjacent to an activating group) is 1. The molecular formula is C19H29Cl2N3O4. The maximum absolute atomic E-state index is 12.1. The van der Waals surface area contributed by atoms with Gasteiger partial charge in [0, 0.05) is 17.6 Å². The molecule has 1 saturated heterocycles. The van der Waals surface area contributed by atoms with Crippen molar-refractivity contribution in [3.63, 3.8) is 0 Å². The van der Waals surface area contributed by atoms with E-state index in [2.05, 4.69) is 10.2 Å². The summed E-state index contributed by atoms with van der Waals surface area (Å²) >= 11 is 5.90. The fourth-order valence-corrected chi connectivity index (χ4v) is 3.43. The minimum absolute atomic E-state index is 0. The predicted molar refractivity (Wildman–Crippen MR) is 112 cm³/mol. The van der Waals surface area contributed by atoms with Gasteiger partial charge in [0.2, 0.25) is 5.91 Å². The SMILES string of the molecule is CN(CC(=O)O)C1CCCN(CC(=O)NCCOc2cccc(Cl)c2)CC1.Cl. The molecule has 0 saturated carbocycles. The number of aliphatic carboxylic acids is 1. The third kappa shape index (κ3) is 9.10. The number of carbonyl (C=O) groups excluding carboxylic acids is 1. The van der Waals surface area contributed by atoms with Gasteiger partial charge in [0.05, 0.1) is 19.6 Å². The summed E-state index contributed by atoms with van der Waals surface area (Å²) in [6.45, 7) is 2.87. The Balaban J connectivity index is 0.00000392. The van der Waals surface area contributed by atoms with Gasteiger partial charge in [-0.25, -0.2) is 0 Å². The lowest BCUT2D eigenvalue weighted by Gasteiger charge is -2.25. The zero-order chi connectivity index (χ0) is 19.6. The van der Waals surface area contributed by atoms with Crippen molar-refractivity contribution in [2.75, 3.05) is 46.4 Å². The van der Waals surface area contributed by atoms with E-state index in [4.69, 9.17) is 21.4 Å². The second-order valence-electron chi connectivity index (χ2n) is 6.83. The molecule has 7 nitrogen and oxygen atoms in total. The van der Waals surface area contributed by atoms with Gasteiger partial charge < -0.3 is 15.2 Å². The van der Waals surface area contributed by atoms with Crippen LogP contribution in [0.4, 0.5) is 0 Å². The number of nitrogens with zero attached hydrogens (tertiary/aromatic N) is 2. The van der Waals surface area contributed by atoms with E-state index >= 15 is 0 Å². The highest BCUT2D eigenvalue weighted by Gasteiger charge is 2.22. The number of hydrogen-bond acceptors (Lipinski definition) is 5. The fraction of sp³-hybridized carbons (Fsp3) is 0.579. The highest BCUT2D eigenvalue weighted by atomic mass is 35.5. The zero-order valence-electron chi connectivity index (χ0n) is 16.1. The van der Waals surface area contributed by atoms with Crippen LogP contribution in [-0.2, 0) is 9.59 Å². The highest BCUT2D eigenvalue weighted by Crippen LogP contribution is 2.17. The molecule has 1 atom stereocenters. The van der Waals surface area contributed by atoms with Gasteiger partial charge in [-0.1, -0.05) is 17.7 Å². The van der Waals surface area contributed by atoms with Crippen LogP contribution in [0.5, 0.6) is 5.75 Å². The average Bonchev–Trinajstić information content (AvgIpc) is 2.84. The van der Waals surface area contributed by atoms with E-state index in [1.807, 2.05) is 24.1 Å². The maximum Gasteiger partial charge on any atom is 0.317 e. The monoisotopic (exact) mass is 433 g/mol. The van der Waals surface area contributed by atoms with Gasteiger partial charge in [0.1, 0.15) is 12.4 Å². The van der Waals surface area contributed by atoms with Gasteiger partial charge >= 0.3 is 5.97 Å². The van der Waals surface area contributed by atoms with Crippen LogP contribution in [0.3, 0.4) is 0 Å². The number of ether oxygens (including phenoxy) is 1. The van der Waals surface area contributed by atoms with Crippen LogP contribution in [0.25, 0.3) is 0 Å². The number of amides is 1. The van der Waals surface area contributed by atoms with Crippen molar-refractivity contribution < 1.29 is 19.4 Å². The molecular weight excluding hydrogens is 405 g/mol. The molecule has 1 aliphatic heterocycles. The smallest absolute Gasteiger partial charge is 0.317 e. The Hall–Kier alpha value is -1.54. The van der Waals surface area contributed by atoms with E-state index in [-0.39, 0.29) is 30.9 Å². The van der Waals surface area contributed by atoms with E-state index in [9.17, 15) is 9.59 Å². The van der Waals surface area contributed by atoms with Gasteiger partial charge in [-0.3, -0.25) is 19.4 Å². The summed E-state index contributed by atoms with van der Waals surface area (Å²) in [6, 6.07) is 7.40. The van der Waals surface area contributed by atoms with Crippen LogP contribution >= 0.6 is 24.0 Å². The first-order chi connectivity index (χ1) is 12.9. The predicted octanol–water partition coefficient (Wildman–Crippen LogP) is 2.13. The first-order valence-electron chi connectivity index (χ1n) is 9.23. The molecule has 1 unspecified atom stereocenters. The number of likely N-dealkylation sites (tertiary alicyclic amines) is 1. The van der Waals surface area contributed by atoms with Crippen LogP contribution in [0.15, 0.2) is 24.3 Å². The molecule has 28 heavy (non-hydrogen) atoms. The Morgan fingerprint density at radius 2 is 2.14 bits per heavy atom. The number of rotatable bonds is 9. The van der Waals surface area contributed by atoms with Crippen molar-refractivity contribution in [1.29, 1.82) is 0 Å². The summed E-state index contributed by atoms with van der Waals surface area (Å²) in [4.78, 5) is 27.0. The van der Waals surface area contributed by atoms with Crippen LogP contribution in [-0.4, -0.2) is 79.2 Å². The normalized spacial score (nSPS) is 17.5. The van der Waals surface area contributed by atoms with Gasteiger partial charge in [0.15, 0.2) is 0 Å². The Bertz CT molecular complexity index is 633. The van der Waals surface area contributed by atoms with E-state index in [1.165, 1.54) is 0 Å². The molecule has 1 aromatic carbocycles. The van der Waals surface area contributed by atoms with Gasteiger partial charge in [0.25, 0.3) is 0 Å². The molecule has 1 aliphatic rings. The van der Waals surface area contributed by atoms with E-state index in [1.54, 1.807) is 12.1 Å². The van der Waals surface area contributed by atoms with Crippen LogP contribution in [0.1, 0.15) is 19.3 Å². The van der Waals surface area contributed by atoms with Gasteiger partial charge in [-0.15, -0.1) is 12.4 Å². The molecule has 1 heterocycles. The Morgan fingerprint density at radius 1 is 1.36 bits per heavy atom. The van der Waals surface area contributed by atoms with Gasteiger partial charge in [-0.05, 0) is 51.1 Å². The third-order valence-electron chi connectivity index (χ3n) is 4.65. The van der Waals surface area contributed by atoms with Crippen LogP contribution in [0.2, 0.25) is 5.02 Å². The van der Waals surface area contributed by atoms with Crippen molar-refractivity contribution in [2.24, 2.45) is 0 Å². The Labute approximate surface area is 177 Å². The van der Waals surface area contributed by atoms with Crippen molar-refractivity contribution in [3.05, 3.63) is 29.3 Å². The van der Waals surface area contributed by atoms with Crippen molar-refractivity contribution in [1.82, 2.24) is 15.1 Å². The molecule has 0 radical (unpaired) electrons. The van der Waals surface area contributed by atoms with Crippen molar-refractivity contribution >= 4 is 35.9 Å². The maximum atomic E-state index is 12.1. The number of hydrogen-bond donors (Lipinski definition) is 2. The molecule has 9 heteroatoms. The summed E-state index contributed by atoms with van der Waals surface area (Å²) in [5.74, 6) is -0.152. The first kappa shape index (κ1) is 24.5. The Kier molecular flexibility index (Phi) is 11.2. The number of carboxylic acids is 1. The minimum atomic E-state index is -0.807. The molecule has 0 aromatic heterocycles.